The van der Waals surface area contributed by atoms with Gasteiger partial charge in [-0.3, -0.25) is 4.79 Å². The van der Waals surface area contributed by atoms with Crippen LogP contribution >= 0.6 is 11.3 Å². The molecule has 7 heteroatoms. The van der Waals surface area contributed by atoms with Crippen LogP contribution in [0.3, 0.4) is 0 Å². The molecule has 0 aromatic carbocycles. The second kappa shape index (κ2) is 7.07. The van der Waals surface area contributed by atoms with E-state index >= 15 is 0 Å². The second-order valence-electron chi connectivity index (χ2n) is 7.48. The molecule has 1 unspecified atom stereocenters. The summed E-state index contributed by atoms with van der Waals surface area (Å²) < 4.78 is 5.77. The van der Waals surface area contributed by atoms with Gasteiger partial charge in [-0.2, -0.15) is 5.10 Å². The maximum atomic E-state index is 12.4. The van der Waals surface area contributed by atoms with E-state index in [1.165, 1.54) is 11.3 Å². The Kier molecular flexibility index (Phi) is 5.03. The highest BCUT2D eigenvalue weighted by atomic mass is 32.1. The zero-order valence-electron chi connectivity index (χ0n) is 15.2. The van der Waals surface area contributed by atoms with Gasteiger partial charge >= 0.3 is 0 Å². The molecule has 2 aromatic heterocycles. The van der Waals surface area contributed by atoms with Crippen LogP contribution in [0.15, 0.2) is 17.5 Å². The predicted molar refractivity (Wildman–Crippen MR) is 97.1 cm³/mol. The minimum atomic E-state index is -0.0219. The van der Waals surface area contributed by atoms with Crippen LogP contribution in [0.25, 0.3) is 0 Å². The van der Waals surface area contributed by atoms with Crippen LogP contribution in [0.4, 0.5) is 0 Å². The van der Waals surface area contributed by atoms with Crippen molar-refractivity contribution in [3.05, 3.63) is 33.9 Å². The lowest BCUT2D eigenvalue weighted by atomic mass is 9.92. The number of aromatic nitrogens is 3. The summed E-state index contributed by atoms with van der Waals surface area (Å²) in [6.07, 6.45) is 0.933. The van der Waals surface area contributed by atoms with E-state index in [1.807, 2.05) is 29.3 Å². The van der Waals surface area contributed by atoms with Crippen LogP contribution in [0, 0.1) is 12.8 Å². The van der Waals surface area contributed by atoms with Gasteiger partial charge in [0, 0.05) is 35.9 Å². The van der Waals surface area contributed by atoms with Gasteiger partial charge in [0.05, 0.1) is 17.3 Å². The molecule has 0 radical (unpaired) electrons. The Morgan fingerprint density at radius 2 is 2.16 bits per heavy atom. The molecule has 0 saturated carbocycles. The van der Waals surface area contributed by atoms with E-state index in [0.717, 1.165) is 23.7 Å². The van der Waals surface area contributed by atoms with Gasteiger partial charge in [0.15, 0.2) is 0 Å². The summed E-state index contributed by atoms with van der Waals surface area (Å²) in [5, 5.41) is 11.1. The molecule has 0 N–H and O–H groups in total. The summed E-state index contributed by atoms with van der Waals surface area (Å²) in [5.41, 5.74) is 1.47. The predicted octanol–water partition coefficient (Wildman–Crippen LogP) is 3.08. The van der Waals surface area contributed by atoms with Gasteiger partial charge < -0.3 is 9.64 Å². The Morgan fingerprint density at radius 3 is 2.76 bits per heavy atom. The van der Waals surface area contributed by atoms with Crippen LogP contribution in [-0.4, -0.2) is 45.7 Å². The molecule has 0 bridgehead atoms. The van der Waals surface area contributed by atoms with Gasteiger partial charge in [-0.25, -0.2) is 4.98 Å². The Labute approximate surface area is 152 Å². The van der Waals surface area contributed by atoms with Crippen LogP contribution in [0.2, 0.25) is 0 Å². The Morgan fingerprint density at radius 1 is 1.36 bits per heavy atom. The normalized spacial score (nSPS) is 17.8. The number of amides is 1. The summed E-state index contributed by atoms with van der Waals surface area (Å²) in [6, 6.07) is 3.82. The lowest BCUT2D eigenvalue weighted by Crippen LogP contribution is -2.29. The van der Waals surface area contributed by atoms with E-state index in [-0.39, 0.29) is 11.3 Å². The van der Waals surface area contributed by atoms with Gasteiger partial charge in [0.1, 0.15) is 5.69 Å². The average Bonchev–Trinajstić information content (AvgIpc) is 3.21. The summed E-state index contributed by atoms with van der Waals surface area (Å²) in [5.74, 6) is 0.863. The SMILES string of the molecule is Cc1nc(C(=O)N2CCC(COc3ccc(C(C)(C)C)nn3)C2)cs1. The Balaban J connectivity index is 1.51. The van der Waals surface area contributed by atoms with Crippen molar-refractivity contribution in [1.29, 1.82) is 0 Å². The van der Waals surface area contributed by atoms with Crippen molar-refractivity contribution < 1.29 is 9.53 Å². The molecule has 1 saturated heterocycles. The lowest BCUT2D eigenvalue weighted by Gasteiger charge is -2.17. The fraction of sp³-hybridized carbons (Fsp3) is 0.556. The monoisotopic (exact) mass is 360 g/mol. The number of likely N-dealkylation sites (tertiary alicyclic amines) is 1. The van der Waals surface area contributed by atoms with Crippen molar-refractivity contribution in [2.75, 3.05) is 19.7 Å². The highest BCUT2D eigenvalue weighted by Gasteiger charge is 2.28. The van der Waals surface area contributed by atoms with Crippen molar-refractivity contribution in [2.24, 2.45) is 5.92 Å². The molecule has 2 aromatic rings. The van der Waals surface area contributed by atoms with Crippen LogP contribution in [0.1, 0.15) is 48.4 Å². The first-order chi connectivity index (χ1) is 11.8. The number of hydrogen-bond donors (Lipinski definition) is 0. The Hall–Kier alpha value is -2.02. The van der Waals surface area contributed by atoms with Crippen molar-refractivity contribution in [1.82, 2.24) is 20.1 Å². The van der Waals surface area contributed by atoms with Crippen molar-refractivity contribution >= 4 is 17.2 Å². The number of nitrogens with zero attached hydrogens (tertiary/aromatic N) is 4. The summed E-state index contributed by atoms with van der Waals surface area (Å²) in [6.45, 7) is 10.2. The first kappa shape index (κ1) is 17.8. The standard InChI is InChI=1S/C18H24N4O2S/c1-12-19-14(11-25-12)17(23)22-8-7-13(9-22)10-24-16-6-5-15(20-21-16)18(2,3)4/h5-6,11,13H,7-10H2,1-4H3. The molecule has 1 atom stereocenters. The third-order valence-electron chi connectivity index (χ3n) is 4.29. The quantitative estimate of drug-likeness (QED) is 0.838. The van der Waals surface area contributed by atoms with Gasteiger partial charge in [-0.1, -0.05) is 20.8 Å². The smallest absolute Gasteiger partial charge is 0.273 e. The molecule has 0 aliphatic carbocycles. The van der Waals surface area contributed by atoms with Gasteiger partial charge in [-0.15, -0.1) is 16.4 Å². The zero-order valence-corrected chi connectivity index (χ0v) is 16.0. The first-order valence-corrected chi connectivity index (χ1v) is 9.39. The largest absolute Gasteiger partial charge is 0.476 e. The summed E-state index contributed by atoms with van der Waals surface area (Å²) in [7, 11) is 0. The third kappa shape index (κ3) is 4.34. The van der Waals surface area contributed by atoms with E-state index in [0.29, 0.717) is 30.6 Å². The number of thiazole rings is 1. The van der Waals surface area contributed by atoms with E-state index in [4.69, 9.17) is 4.74 Å². The summed E-state index contributed by atoms with van der Waals surface area (Å²) in [4.78, 5) is 18.6. The molecule has 6 nitrogen and oxygen atoms in total. The number of carbonyl (C=O) groups excluding carboxylic acids is 1. The van der Waals surface area contributed by atoms with Crippen LogP contribution in [0.5, 0.6) is 5.88 Å². The van der Waals surface area contributed by atoms with E-state index in [9.17, 15) is 4.79 Å². The van der Waals surface area contributed by atoms with Crippen molar-refractivity contribution in [3.8, 4) is 5.88 Å². The molecule has 25 heavy (non-hydrogen) atoms. The summed E-state index contributed by atoms with van der Waals surface area (Å²) >= 11 is 1.50. The second-order valence-corrected chi connectivity index (χ2v) is 8.54. The highest BCUT2D eigenvalue weighted by Crippen LogP contribution is 2.22. The van der Waals surface area contributed by atoms with Crippen molar-refractivity contribution in [3.63, 3.8) is 0 Å². The molecule has 1 fully saturated rings. The minimum Gasteiger partial charge on any atom is -0.476 e. The molecule has 0 spiro atoms. The average molecular weight is 360 g/mol. The highest BCUT2D eigenvalue weighted by molar-refractivity contribution is 7.09. The van der Waals surface area contributed by atoms with Crippen LogP contribution in [-0.2, 0) is 5.41 Å². The number of carbonyl (C=O) groups is 1. The Bertz CT molecular complexity index is 736. The molecule has 134 valence electrons. The van der Waals surface area contributed by atoms with E-state index < -0.39 is 0 Å². The van der Waals surface area contributed by atoms with E-state index in [2.05, 4.69) is 36.0 Å². The number of ether oxygens (including phenoxy) is 1. The van der Waals surface area contributed by atoms with Crippen molar-refractivity contribution in [2.45, 2.75) is 39.5 Å². The third-order valence-corrected chi connectivity index (χ3v) is 5.06. The van der Waals surface area contributed by atoms with Gasteiger partial charge in [0.2, 0.25) is 5.88 Å². The molecule has 1 aliphatic heterocycles. The fourth-order valence-electron chi connectivity index (χ4n) is 2.78. The zero-order chi connectivity index (χ0) is 18.0. The van der Waals surface area contributed by atoms with E-state index in [1.54, 1.807) is 0 Å². The molecule has 3 heterocycles. The van der Waals surface area contributed by atoms with Gasteiger partial charge in [-0.05, 0) is 19.4 Å². The minimum absolute atomic E-state index is 0.0150. The maximum absolute atomic E-state index is 12.4. The molecule has 1 amide bonds. The number of rotatable bonds is 4. The topological polar surface area (TPSA) is 68.2 Å². The number of hydrogen-bond acceptors (Lipinski definition) is 6. The molecular formula is C18H24N4O2S. The van der Waals surface area contributed by atoms with Crippen LogP contribution < -0.4 is 4.74 Å². The molecule has 1 aliphatic rings. The fourth-order valence-corrected chi connectivity index (χ4v) is 3.36. The molecular weight excluding hydrogens is 336 g/mol. The van der Waals surface area contributed by atoms with Gasteiger partial charge in [0.25, 0.3) is 5.91 Å². The number of aryl methyl sites for hydroxylation is 1. The lowest BCUT2D eigenvalue weighted by molar-refractivity contribution is 0.0777. The first-order valence-electron chi connectivity index (χ1n) is 8.51. The maximum Gasteiger partial charge on any atom is 0.273 e. The molecule has 3 rings (SSSR count).